The van der Waals surface area contributed by atoms with Crippen molar-refractivity contribution in [3.05, 3.63) is 35.5 Å². The number of nitrogens with one attached hydrogen (secondary N) is 1. The summed E-state index contributed by atoms with van der Waals surface area (Å²) in [5.74, 6) is 0. The summed E-state index contributed by atoms with van der Waals surface area (Å²) in [6, 6.07) is 8.46. The molecular weight excluding hydrogens is 226 g/mol. The van der Waals surface area contributed by atoms with Crippen LogP contribution in [0.3, 0.4) is 0 Å². The minimum atomic E-state index is 1.19. The summed E-state index contributed by atoms with van der Waals surface area (Å²) in [5, 5.41) is 3.53. The van der Waals surface area contributed by atoms with Crippen LogP contribution in [0.2, 0.25) is 0 Å². The second-order valence-electron chi connectivity index (χ2n) is 4.33. The van der Waals surface area contributed by atoms with E-state index in [4.69, 9.17) is 0 Å². The zero-order chi connectivity index (χ0) is 12.7. The van der Waals surface area contributed by atoms with E-state index in [0.717, 1.165) is 0 Å². The van der Waals surface area contributed by atoms with Crippen molar-refractivity contribution >= 4 is 17.4 Å². The van der Waals surface area contributed by atoms with Gasteiger partial charge in [0.25, 0.3) is 0 Å². The second kappa shape index (κ2) is 7.44. The van der Waals surface area contributed by atoms with Gasteiger partial charge in [-0.2, -0.15) is 0 Å². The first-order chi connectivity index (χ1) is 8.19. The van der Waals surface area contributed by atoms with Gasteiger partial charge in [0.05, 0.1) is 5.69 Å². The maximum absolute atomic E-state index is 3.53. The lowest BCUT2D eigenvalue weighted by atomic mass is 10.1. The molecule has 0 atom stereocenters. The maximum atomic E-state index is 3.53. The molecule has 0 radical (unpaired) electrons. The first kappa shape index (κ1) is 14.2. The standard InChI is InChI=1S/C15H23NS/c1-5-6-9-12(2)13(3)16-14-10-7-8-11-15(14)17-4/h7-8,10-11,16H,5-6,9H2,1-4H3. The molecule has 94 valence electrons. The van der Waals surface area contributed by atoms with E-state index in [0.29, 0.717) is 0 Å². The molecule has 0 fully saturated rings. The third-order valence-electron chi connectivity index (χ3n) is 2.97. The number of thioether (sulfide) groups is 1. The Morgan fingerprint density at radius 1 is 1.24 bits per heavy atom. The van der Waals surface area contributed by atoms with Crippen LogP contribution in [0.25, 0.3) is 0 Å². The molecule has 1 aromatic rings. The van der Waals surface area contributed by atoms with Crippen molar-refractivity contribution in [1.29, 1.82) is 0 Å². The Labute approximate surface area is 110 Å². The van der Waals surface area contributed by atoms with Gasteiger partial charge in [-0.3, -0.25) is 0 Å². The SMILES string of the molecule is CCCCC(C)=C(C)Nc1ccccc1SC. The Bertz CT molecular complexity index is 382. The summed E-state index contributed by atoms with van der Waals surface area (Å²) < 4.78 is 0. The summed E-state index contributed by atoms with van der Waals surface area (Å²) in [7, 11) is 0. The Morgan fingerprint density at radius 2 is 1.94 bits per heavy atom. The molecule has 0 saturated heterocycles. The first-order valence-corrected chi connectivity index (χ1v) is 7.48. The Balaban J connectivity index is 2.76. The van der Waals surface area contributed by atoms with Crippen LogP contribution in [0.15, 0.2) is 40.4 Å². The van der Waals surface area contributed by atoms with Crippen molar-refractivity contribution < 1.29 is 0 Å². The highest BCUT2D eigenvalue weighted by Crippen LogP contribution is 2.26. The minimum absolute atomic E-state index is 1.19. The molecule has 0 amide bonds. The Hall–Kier alpha value is -0.890. The van der Waals surface area contributed by atoms with Crippen molar-refractivity contribution in [2.45, 2.75) is 44.9 Å². The van der Waals surface area contributed by atoms with Gasteiger partial charge in [0.15, 0.2) is 0 Å². The van der Waals surface area contributed by atoms with E-state index in [2.05, 4.69) is 56.6 Å². The number of benzene rings is 1. The summed E-state index contributed by atoms with van der Waals surface area (Å²) >= 11 is 1.78. The second-order valence-corrected chi connectivity index (χ2v) is 5.18. The lowest BCUT2D eigenvalue weighted by Crippen LogP contribution is -2.00. The van der Waals surface area contributed by atoms with Crippen LogP contribution in [-0.2, 0) is 0 Å². The molecule has 1 rings (SSSR count). The largest absolute Gasteiger partial charge is 0.358 e. The monoisotopic (exact) mass is 249 g/mol. The first-order valence-electron chi connectivity index (χ1n) is 6.25. The van der Waals surface area contributed by atoms with Crippen molar-refractivity contribution in [2.24, 2.45) is 0 Å². The summed E-state index contributed by atoms with van der Waals surface area (Å²) in [4.78, 5) is 1.30. The lowest BCUT2D eigenvalue weighted by molar-refractivity contribution is 0.781. The molecule has 17 heavy (non-hydrogen) atoms. The molecule has 1 N–H and O–H groups in total. The van der Waals surface area contributed by atoms with Gasteiger partial charge in [-0.1, -0.05) is 31.1 Å². The van der Waals surface area contributed by atoms with Crippen LogP contribution in [0.4, 0.5) is 5.69 Å². The molecule has 1 aromatic carbocycles. The summed E-state index contributed by atoms with van der Waals surface area (Å²) in [6.07, 6.45) is 5.83. The number of unbranched alkanes of at least 4 members (excludes halogenated alkanes) is 1. The zero-order valence-corrected chi connectivity index (χ0v) is 12.2. The highest BCUT2D eigenvalue weighted by molar-refractivity contribution is 7.98. The van der Waals surface area contributed by atoms with Crippen LogP contribution in [0.1, 0.15) is 40.0 Å². The molecule has 0 spiro atoms. The van der Waals surface area contributed by atoms with Crippen LogP contribution in [0.5, 0.6) is 0 Å². The van der Waals surface area contributed by atoms with Crippen LogP contribution >= 0.6 is 11.8 Å². The molecule has 0 aromatic heterocycles. The fraction of sp³-hybridized carbons (Fsp3) is 0.467. The molecule has 0 aliphatic rings. The fourth-order valence-corrected chi connectivity index (χ4v) is 2.24. The predicted molar refractivity (Wildman–Crippen MR) is 79.7 cm³/mol. The van der Waals surface area contributed by atoms with Gasteiger partial charge < -0.3 is 5.32 Å². The molecule has 0 saturated carbocycles. The molecule has 0 unspecified atom stereocenters. The van der Waals surface area contributed by atoms with E-state index in [1.54, 1.807) is 11.8 Å². The van der Waals surface area contributed by atoms with Gasteiger partial charge in [-0.25, -0.2) is 0 Å². The van der Waals surface area contributed by atoms with Gasteiger partial charge in [0.2, 0.25) is 0 Å². The zero-order valence-electron chi connectivity index (χ0n) is 11.3. The molecule has 1 nitrogen and oxygen atoms in total. The Morgan fingerprint density at radius 3 is 2.59 bits per heavy atom. The van der Waals surface area contributed by atoms with Crippen LogP contribution in [0, 0.1) is 0 Å². The molecular formula is C15H23NS. The van der Waals surface area contributed by atoms with E-state index in [1.165, 1.54) is 41.1 Å². The average Bonchev–Trinajstić information content (AvgIpc) is 2.36. The van der Waals surface area contributed by atoms with Gasteiger partial charge in [0.1, 0.15) is 0 Å². The van der Waals surface area contributed by atoms with E-state index in [-0.39, 0.29) is 0 Å². The third-order valence-corrected chi connectivity index (χ3v) is 3.77. The normalized spacial score (nSPS) is 12.2. The highest BCUT2D eigenvalue weighted by Gasteiger charge is 2.02. The number of hydrogen-bond donors (Lipinski definition) is 1. The van der Waals surface area contributed by atoms with Gasteiger partial charge in [-0.05, 0) is 45.1 Å². The summed E-state index contributed by atoms with van der Waals surface area (Å²) in [5.41, 5.74) is 3.97. The highest BCUT2D eigenvalue weighted by atomic mass is 32.2. The quantitative estimate of drug-likeness (QED) is 0.686. The number of anilines is 1. The van der Waals surface area contributed by atoms with Gasteiger partial charge in [0, 0.05) is 10.6 Å². The van der Waals surface area contributed by atoms with Gasteiger partial charge >= 0.3 is 0 Å². The number of hydrogen-bond acceptors (Lipinski definition) is 2. The minimum Gasteiger partial charge on any atom is -0.358 e. The maximum Gasteiger partial charge on any atom is 0.0519 e. The average molecular weight is 249 g/mol. The van der Waals surface area contributed by atoms with E-state index in [1.807, 2.05) is 0 Å². The third kappa shape index (κ3) is 4.47. The van der Waals surface area contributed by atoms with Crippen molar-refractivity contribution in [2.75, 3.05) is 11.6 Å². The van der Waals surface area contributed by atoms with Crippen molar-refractivity contribution in [1.82, 2.24) is 0 Å². The Kier molecular flexibility index (Phi) is 6.20. The smallest absolute Gasteiger partial charge is 0.0519 e. The fourth-order valence-electron chi connectivity index (χ4n) is 1.69. The summed E-state index contributed by atoms with van der Waals surface area (Å²) in [6.45, 7) is 6.63. The molecule has 0 aliphatic carbocycles. The van der Waals surface area contributed by atoms with Crippen LogP contribution in [-0.4, -0.2) is 6.26 Å². The van der Waals surface area contributed by atoms with E-state index < -0.39 is 0 Å². The lowest BCUT2D eigenvalue weighted by Gasteiger charge is -2.13. The van der Waals surface area contributed by atoms with E-state index >= 15 is 0 Å². The van der Waals surface area contributed by atoms with Crippen molar-refractivity contribution in [3.63, 3.8) is 0 Å². The number of rotatable bonds is 6. The molecule has 2 heteroatoms. The van der Waals surface area contributed by atoms with E-state index in [9.17, 15) is 0 Å². The van der Waals surface area contributed by atoms with Gasteiger partial charge in [-0.15, -0.1) is 11.8 Å². The number of allylic oxidation sites excluding steroid dienone is 2. The predicted octanol–water partition coefficient (Wildman–Crippen LogP) is 5.30. The molecule has 0 bridgehead atoms. The number of para-hydroxylation sites is 1. The van der Waals surface area contributed by atoms with Crippen molar-refractivity contribution in [3.8, 4) is 0 Å². The molecule has 0 aliphatic heterocycles. The topological polar surface area (TPSA) is 12.0 Å². The molecule has 0 heterocycles. The van der Waals surface area contributed by atoms with Crippen LogP contribution < -0.4 is 5.32 Å².